The maximum absolute atomic E-state index is 5.15. The summed E-state index contributed by atoms with van der Waals surface area (Å²) < 4.78 is 0.672. The zero-order chi connectivity index (χ0) is 7.56. The minimum atomic E-state index is 0.592. The van der Waals surface area contributed by atoms with Gasteiger partial charge in [-0.15, -0.1) is 6.42 Å². The van der Waals surface area contributed by atoms with Crippen molar-refractivity contribution in [3.05, 3.63) is 22.2 Å². The maximum atomic E-state index is 5.15. The van der Waals surface area contributed by atoms with E-state index in [0.29, 0.717) is 10.3 Å². The van der Waals surface area contributed by atoms with E-state index < -0.39 is 0 Å². The third kappa shape index (κ3) is 1.34. The molecule has 0 N–H and O–H groups in total. The molecule has 0 bridgehead atoms. The molecule has 0 atom stereocenters. The standard InChI is InChI=1S/C7H5BrN2/c1-3-6-5(2)9-4-7(8)10-6/h1,4H,2H3. The molecule has 0 fully saturated rings. The Bertz CT molecular complexity index is 288. The minimum Gasteiger partial charge on any atom is -0.256 e. The fraction of sp³-hybridized carbons (Fsp3) is 0.143. The molecule has 0 amide bonds. The number of hydrogen-bond donors (Lipinski definition) is 0. The second-order valence-electron chi connectivity index (χ2n) is 1.77. The van der Waals surface area contributed by atoms with Crippen molar-refractivity contribution in [1.29, 1.82) is 0 Å². The van der Waals surface area contributed by atoms with E-state index in [1.807, 2.05) is 6.92 Å². The lowest BCUT2D eigenvalue weighted by molar-refractivity contribution is 1.07. The summed E-state index contributed by atoms with van der Waals surface area (Å²) in [6.07, 6.45) is 6.77. The quantitative estimate of drug-likeness (QED) is 0.589. The van der Waals surface area contributed by atoms with Gasteiger partial charge in [-0.1, -0.05) is 0 Å². The lowest BCUT2D eigenvalue weighted by atomic mass is 10.3. The van der Waals surface area contributed by atoms with Crippen LogP contribution in [0.15, 0.2) is 10.8 Å². The van der Waals surface area contributed by atoms with E-state index in [2.05, 4.69) is 31.8 Å². The molecule has 0 aliphatic rings. The van der Waals surface area contributed by atoms with Crippen LogP contribution in [-0.4, -0.2) is 9.97 Å². The highest BCUT2D eigenvalue weighted by atomic mass is 79.9. The zero-order valence-electron chi connectivity index (χ0n) is 5.43. The molecule has 1 heterocycles. The molecule has 0 unspecified atom stereocenters. The van der Waals surface area contributed by atoms with E-state index in [0.717, 1.165) is 5.69 Å². The topological polar surface area (TPSA) is 25.8 Å². The van der Waals surface area contributed by atoms with Crippen LogP contribution in [0.5, 0.6) is 0 Å². The van der Waals surface area contributed by atoms with Gasteiger partial charge in [-0.2, -0.15) is 0 Å². The van der Waals surface area contributed by atoms with Gasteiger partial charge in [-0.25, -0.2) is 4.98 Å². The Morgan fingerprint density at radius 3 is 2.90 bits per heavy atom. The number of rotatable bonds is 0. The Morgan fingerprint density at radius 2 is 2.40 bits per heavy atom. The molecule has 1 rings (SSSR count). The molecular formula is C7H5BrN2. The van der Waals surface area contributed by atoms with E-state index in [1.54, 1.807) is 6.20 Å². The maximum Gasteiger partial charge on any atom is 0.135 e. The normalized spacial score (nSPS) is 8.90. The molecule has 1 aromatic heterocycles. The van der Waals surface area contributed by atoms with E-state index in [1.165, 1.54) is 0 Å². The molecule has 0 spiro atoms. The average Bonchev–Trinajstić information content (AvgIpc) is 1.94. The Balaban J connectivity index is 3.25. The first-order valence-electron chi connectivity index (χ1n) is 2.70. The van der Waals surface area contributed by atoms with E-state index >= 15 is 0 Å². The van der Waals surface area contributed by atoms with E-state index in [-0.39, 0.29) is 0 Å². The molecule has 0 saturated carbocycles. The van der Waals surface area contributed by atoms with Crippen molar-refractivity contribution in [1.82, 2.24) is 9.97 Å². The van der Waals surface area contributed by atoms with Crippen molar-refractivity contribution in [2.24, 2.45) is 0 Å². The smallest absolute Gasteiger partial charge is 0.135 e. The van der Waals surface area contributed by atoms with Crippen molar-refractivity contribution >= 4 is 15.9 Å². The van der Waals surface area contributed by atoms with Gasteiger partial charge in [-0.05, 0) is 28.8 Å². The molecular weight excluding hydrogens is 192 g/mol. The summed E-state index contributed by atoms with van der Waals surface area (Å²) in [5.74, 6) is 2.43. The minimum absolute atomic E-state index is 0.592. The molecule has 0 aromatic carbocycles. The zero-order valence-corrected chi connectivity index (χ0v) is 7.01. The molecule has 2 nitrogen and oxygen atoms in total. The van der Waals surface area contributed by atoms with Crippen LogP contribution in [0.1, 0.15) is 11.4 Å². The van der Waals surface area contributed by atoms with Crippen LogP contribution >= 0.6 is 15.9 Å². The van der Waals surface area contributed by atoms with Crippen LogP contribution in [0.4, 0.5) is 0 Å². The van der Waals surface area contributed by atoms with Gasteiger partial charge in [0.1, 0.15) is 10.3 Å². The van der Waals surface area contributed by atoms with Gasteiger partial charge in [0.25, 0.3) is 0 Å². The third-order valence-corrected chi connectivity index (χ3v) is 1.44. The van der Waals surface area contributed by atoms with Crippen molar-refractivity contribution in [2.75, 3.05) is 0 Å². The average molecular weight is 197 g/mol. The van der Waals surface area contributed by atoms with Crippen LogP contribution in [-0.2, 0) is 0 Å². The van der Waals surface area contributed by atoms with Gasteiger partial charge in [0, 0.05) is 0 Å². The monoisotopic (exact) mass is 196 g/mol. The predicted molar refractivity (Wildman–Crippen MR) is 42.4 cm³/mol. The molecule has 50 valence electrons. The van der Waals surface area contributed by atoms with Crippen molar-refractivity contribution in [3.8, 4) is 12.3 Å². The Morgan fingerprint density at radius 1 is 1.70 bits per heavy atom. The summed E-state index contributed by atoms with van der Waals surface area (Å²) in [5.41, 5.74) is 1.38. The highest BCUT2D eigenvalue weighted by Gasteiger charge is 1.96. The Kier molecular flexibility index (Phi) is 2.03. The fourth-order valence-electron chi connectivity index (χ4n) is 0.565. The largest absolute Gasteiger partial charge is 0.256 e. The molecule has 3 heteroatoms. The fourth-order valence-corrected chi connectivity index (χ4v) is 0.844. The lowest BCUT2D eigenvalue weighted by Crippen LogP contribution is -1.91. The molecule has 0 radical (unpaired) electrons. The number of halogens is 1. The van der Waals surface area contributed by atoms with Gasteiger partial charge in [0.15, 0.2) is 0 Å². The summed E-state index contributed by atoms with van der Waals surface area (Å²) in [5, 5.41) is 0. The van der Waals surface area contributed by atoms with Crippen molar-refractivity contribution < 1.29 is 0 Å². The van der Waals surface area contributed by atoms with Gasteiger partial charge >= 0.3 is 0 Å². The second kappa shape index (κ2) is 2.80. The van der Waals surface area contributed by atoms with Gasteiger partial charge in [0.2, 0.25) is 0 Å². The van der Waals surface area contributed by atoms with Crippen molar-refractivity contribution in [3.63, 3.8) is 0 Å². The highest BCUT2D eigenvalue weighted by Crippen LogP contribution is 2.06. The molecule has 1 aromatic rings. The first kappa shape index (κ1) is 7.23. The number of aromatic nitrogens is 2. The molecule has 0 aliphatic carbocycles. The third-order valence-electron chi connectivity index (χ3n) is 1.06. The molecule has 0 saturated heterocycles. The molecule has 10 heavy (non-hydrogen) atoms. The first-order valence-corrected chi connectivity index (χ1v) is 3.49. The Hall–Kier alpha value is -0.880. The van der Waals surface area contributed by atoms with Crippen LogP contribution < -0.4 is 0 Å². The van der Waals surface area contributed by atoms with Gasteiger partial charge in [0.05, 0.1) is 11.9 Å². The summed E-state index contributed by atoms with van der Waals surface area (Å²) in [4.78, 5) is 8.01. The first-order chi connectivity index (χ1) is 4.74. The van der Waals surface area contributed by atoms with Crippen LogP contribution in [0, 0.1) is 19.3 Å². The van der Waals surface area contributed by atoms with Crippen molar-refractivity contribution in [2.45, 2.75) is 6.92 Å². The van der Waals surface area contributed by atoms with Crippen LogP contribution in [0.3, 0.4) is 0 Å². The summed E-state index contributed by atoms with van der Waals surface area (Å²) in [6.45, 7) is 1.83. The number of hydrogen-bond acceptors (Lipinski definition) is 2. The van der Waals surface area contributed by atoms with Crippen LogP contribution in [0.25, 0.3) is 0 Å². The molecule has 0 aliphatic heterocycles. The number of nitrogens with zero attached hydrogens (tertiary/aromatic N) is 2. The highest BCUT2D eigenvalue weighted by molar-refractivity contribution is 9.10. The van der Waals surface area contributed by atoms with Crippen LogP contribution in [0.2, 0.25) is 0 Å². The second-order valence-corrected chi connectivity index (χ2v) is 2.58. The number of aryl methyl sites for hydroxylation is 1. The van der Waals surface area contributed by atoms with E-state index in [9.17, 15) is 0 Å². The Labute approximate surface area is 67.8 Å². The van der Waals surface area contributed by atoms with Gasteiger partial charge in [-0.3, -0.25) is 4.98 Å². The SMILES string of the molecule is C#Cc1nc(Br)cnc1C. The predicted octanol–water partition coefficient (Wildman–Crippen LogP) is 1.53. The van der Waals surface area contributed by atoms with E-state index in [4.69, 9.17) is 6.42 Å². The number of terminal acetylenes is 1. The van der Waals surface area contributed by atoms with Gasteiger partial charge < -0.3 is 0 Å². The summed E-state index contributed by atoms with van der Waals surface area (Å²) >= 11 is 3.17. The summed E-state index contributed by atoms with van der Waals surface area (Å²) in [7, 11) is 0. The lowest BCUT2D eigenvalue weighted by Gasteiger charge is -1.94. The summed E-state index contributed by atoms with van der Waals surface area (Å²) in [6, 6.07) is 0.